The van der Waals surface area contributed by atoms with Crippen LogP contribution in [0.3, 0.4) is 0 Å². The number of nitrogens with one attached hydrogen (secondary N) is 3. The molecule has 0 spiro atoms. The lowest BCUT2D eigenvalue weighted by atomic mass is 9.95. The van der Waals surface area contributed by atoms with Crippen LogP contribution in [0.1, 0.15) is 26.3 Å². The molecule has 0 unspecified atom stereocenters. The highest BCUT2D eigenvalue weighted by atomic mass is 79.9. The minimum Gasteiger partial charge on any atom is -0.354 e. The first kappa shape index (κ1) is 20.0. The number of rotatable bonds is 4. The first-order valence-electron chi connectivity index (χ1n) is 7.60. The quantitative estimate of drug-likeness (QED) is 0.556. The van der Waals surface area contributed by atoms with Gasteiger partial charge in [-0.3, -0.25) is 4.79 Å². The fourth-order valence-electron chi connectivity index (χ4n) is 2.01. The van der Waals surface area contributed by atoms with Gasteiger partial charge < -0.3 is 16.0 Å². The van der Waals surface area contributed by atoms with Gasteiger partial charge in [0.05, 0.1) is 15.8 Å². The topological polar surface area (TPSA) is 65.0 Å². The van der Waals surface area contributed by atoms with Gasteiger partial charge in [0.15, 0.2) is 17.5 Å². The van der Waals surface area contributed by atoms with E-state index in [-0.39, 0.29) is 27.1 Å². The SMILES string of the molecule is CC(C)(C)C(=O)Nc1c(C=N)cc(Nc2ccc(F)c(F)c2)c(Br)c1F. The molecule has 0 saturated carbocycles. The van der Waals surface area contributed by atoms with Crippen molar-refractivity contribution in [3.05, 3.63) is 51.8 Å². The summed E-state index contributed by atoms with van der Waals surface area (Å²) in [4.78, 5) is 12.1. The number of hydrogen-bond acceptors (Lipinski definition) is 3. The third kappa shape index (κ3) is 4.24. The monoisotopic (exact) mass is 427 g/mol. The van der Waals surface area contributed by atoms with Gasteiger partial charge in [0, 0.05) is 28.9 Å². The summed E-state index contributed by atoms with van der Waals surface area (Å²) < 4.78 is 41.1. The Labute approximate surface area is 157 Å². The second-order valence-corrected chi connectivity index (χ2v) is 7.41. The number of hydrogen-bond donors (Lipinski definition) is 3. The van der Waals surface area contributed by atoms with Gasteiger partial charge in [0.2, 0.25) is 5.91 Å². The molecule has 138 valence electrons. The van der Waals surface area contributed by atoms with E-state index in [2.05, 4.69) is 26.6 Å². The van der Waals surface area contributed by atoms with Gasteiger partial charge in [-0.15, -0.1) is 0 Å². The van der Waals surface area contributed by atoms with Crippen molar-refractivity contribution >= 4 is 45.1 Å². The van der Waals surface area contributed by atoms with E-state index >= 15 is 0 Å². The molecule has 0 aliphatic rings. The molecule has 4 nitrogen and oxygen atoms in total. The largest absolute Gasteiger partial charge is 0.354 e. The molecule has 0 bridgehead atoms. The van der Waals surface area contributed by atoms with Crippen LogP contribution >= 0.6 is 15.9 Å². The lowest BCUT2D eigenvalue weighted by Gasteiger charge is -2.20. The van der Waals surface area contributed by atoms with Crippen molar-refractivity contribution in [1.29, 1.82) is 5.41 Å². The average molecular weight is 428 g/mol. The third-order valence-electron chi connectivity index (χ3n) is 3.51. The predicted molar refractivity (Wildman–Crippen MR) is 99.7 cm³/mol. The van der Waals surface area contributed by atoms with E-state index in [9.17, 15) is 18.0 Å². The normalized spacial score (nSPS) is 11.2. The molecule has 0 fully saturated rings. The summed E-state index contributed by atoms with van der Waals surface area (Å²) in [6.07, 6.45) is 0.893. The molecule has 1 amide bonds. The second-order valence-electron chi connectivity index (χ2n) is 6.62. The first-order valence-corrected chi connectivity index (χ1v) is 8.40. The lowest BCUT2D eigenvalue weighted by molar-refractivity contribution is -0.123. The van der Waals surface area contributed by atoms with Gasteiger partial charge in [-0.05, 0) is 34.1 Å². The predicted octanol–water partition coefficient (Wildman–Crippen LogP) is 5.59. The molecule has 3 N–H and O–H groups in total. The van der Waals surface area contributed by atoms with Crippen LogP contribution < -0.4 is 10.6 Å². The molecule has 2 aromatic rings. The van der Waals surface area contributed by atoms with Crippen LogP contribution in [-0.2, 0) is 4.79 Å². The second kappa shape index (κ2) is 7.49. The Morgan fingerprint density at radius 3 is 2.35 bits per heavy atom. The van der Waals surface area contributed by atoms with Crippen LogP contribution in [0.4, 0.5) is 30.2 Å². The molecule has 8 heteroatoms. The number of benzene rings is 2. The standard InChI is InChI=1S/C18H17BrF3N3O/c1-18(2,3)17(26)25-16-9(8-23)6-13(14(19)15(16)22)24-10-4-5-11(20)12(21)7-10/h4-8,23-24H,1-3H3,(H,25,26). The van der Waals surface area contributed by atoms with Crippen molar-refractivity contribution in [2.45, 2.75) is 20.8 Å². The van der Waals surface area contributed by atoms with E-state index in [1.165, 1.54) is 12.1 Å². The van der Waals surface area contributed by atoms with Crippen molar-refractivity contribution in [1.82, 2.24) is 0 Å². The van der Waals surface area contributed by atoms with Gasteiger partial charge in [-0.1, -0.05) is 20.8 Å². The van der Waals surface area contributed by atoms with Gasteiger partial charge in [0.1, 0.15) is 0 Å². The average Bonchev–Trinajstić information content (AvgIpc) is 2.56. The molecule has 2 rings (SSSR count). The minimum atomic E-state index is -1.05. The highest BCUT2D eigenvalue weighted by molar-refractivity contribution is 9.10. The zero-order valence-corrected chi connectivity index (χ0v) is 15.9. The maximum absolute atomic E-state index is 14.8. The molecule has 0 aliphatic carbocycles. The molecule has 0 radical (unpaired) electrons. The van der Waals surface area contributed by atoms with E-state index in [4.69, 9.17) is 5.41 Å². The summed E-state index contributed by atoms with van der Waals surface area (Å²) in [5.74, 6) is -3.24. The van der Waals surface area contributed by atoms with Crippen LogP contribution in [0.15, 0.2) is 28.7 Å². The van der Waals surface area contributed by atoms with Crippen LogP contribution in [0.5, 0.6) is 0 Å². The molecule has 0 aliphatic heterocycles. The van der Waals surface area contributed by atoms with Crippen molar-refractivity contribution in [3.63, 3.8) is 0 Å². The number of amides is 1. The Morgan fingerprint density at radius 2 is 1.81 bits per heavy atom. The summed E-state index contributed by atoms with van der Waals surface area (Å²) >= 11 is 3.09. The van der Waals surface area contributed by atoms with Gasteiger partial charge >= 0.3 is 0 Å². The molecular weight excluding hydrogens is 411 g/mol. The highest BCUT2D eigenvalue weighted by Gasteiger charge is 2.25. The fraction of sp³-hybridized carbons (Fsp3) is 0.222. The van der Waals surface area contributed by atoms with Crippen molar-refractivity contribution in [3.8, 4) is 0 Å². The van der Waals surface area contributed by atoms with E-state index in [1.807, 2.05) is 0 Å². The molecule has 26 heavy (non-hydrogen) atoms. The molecule has 0 aromatic heterocycles. The Bertz CT molecular complexity index is 879. The maximum atomic E-state index is 14.8. The zero-order valence-electron chi connectivity index (χ0n) is 14.3. The summed E-state index contributed by atoms with van der Waals surface area (Å²) in [6, 6.07) is 4.58. The minimum absolute atomic E-state index is 0.0166. The summed E-state index contributed by atoms with van der Waals surface area (Å²) in [5, 5.41) is 12.7. The van der Waals surface area contributed by atoms with Gasteiger partial charge in [-0.2, -0.15) is 0 Å². The van der Waals surface area contributed by atoms with Crippen LogP contribution in [0.25, 0.3) is 0 Å². The third-order valence-corrected chi connectivity index (χ3v) is 4.29. The number of halogens is 4. The number of anilines is 3. The Morgan fingerprint density at radius 1 is 1.15 bits per heavy atom. The fourth-order valence-corrected chi connectivity index (χ4v) is 2.42. The number of carbonyl (C=O) groups is 1. The summed E-state index contributed by atoms with van der Waals surface area (Å²) in [5.41, 5.74) is -0.371. The summed E-state index contributed by atoms with van der Waals surface area (Å²) in [7, 11) is 0. The van der Waals surface area contributed by atoms with Crippen LogP contribution in [0, 0.1) is 28.3 Å². The van der Waals surface area contributed by atoms with E-state index < -0.39 is 28.8 Å². The number of carbonyl (C=O) groups excluding carboxylic acids is 1. The van der Waals surface area contributed by atoms with Crippen molar-refractivity contribution in [2.24, 2.45) is 5.41 Å². The van der Waals surface area contributed by atoms with Crippen molar-refractivity contribution < 1.29 is 18.0 Å². The summed E-state index contributed by atoms with van der Waals surface area (Å²) in [6.45, 7) is 5.04. The highest BCUT2D eigenvalue weighted by Crippen LogP contribution is 2.36. The smallest absolute Gasteiger partial charge is 0.229 e. The molecule has 0 saturated heterocycles. The Hall–Kier alpha value is -2.35. The molecular formula is C18H17BrF3N3O. The zero-order chi connectivity index (χ0) is 19.6. The maximum Gasteiger partial charge on any atom is 0.229 e. The van der Waals surface area contributed by atoms with Gasteiger partial charge in [0.25, 0.3) is 0 Å². The lowest BCUT2D eigenvalue weighted by Crippen LogP contribution is -2.28. The van der Waals surface area contributed by atoms with Crippen molar-refractivity contribution in [2.75, 3.05) is 10.6 Å². The van der Waals surface area contributed by atoms with Gasteiger partial charge in [-0.25, -0.2) is 13.2 Å². The first-order chi connectivity index (χ1) is 12.0. The molecule has 0 atom stereocenters. The Balaban J connectivity index is 2.44. The Kier molecular flexibility index (Phi) is 5.75. The van der Waals surface area contributed by atoms with Crippen LogP contribution in [0.2, 0.25) is 0 Å². The van der Waals surface area contributed by atoms with E-state index in [1.54, 1.807) is 20.8 Å². The molecule has 2 aromatic carbocycles. The molecule has 0 heterocycles. The van der Waals surface area contributed by atoms with E-state index in [0.717, 1.165) is 18.3 Å². The van der Waals surface area contributed by atoms with Crippen LogP contribution in [-0.4, -0.2) is 12.1 Å². The van der Waals surface area contributed by atoms with E-state index in [0.29, 0.717) is 0 Å².